The molecule has 4 heteroatoms. The summed E-state index contributed by atoms with van der Waals surface area (Å²) in [5, 5.41) is 0. The molecule has 20 heavy (non-hydrogen) atoms. The molecule has 1 unspecified atom stereocenters. The minimum atomic E-state index is -3.15. The fourth-order valence-electron chi connectivity index (χ4n) is 2.29. The molecule has 1 atom stereocenters. The van der Waals surface area contributed by atoms with Crippen molar-refractivity contribution in [2.75, 3.05) is 6.26 Å². The molecule has 114 valence electrons. The van der Waals surface area contributed by atoms with Gasteiger partial charge < -0.3 is 5.73 Å². The predicted octanol–water partition coefficient (Wildman–Crippen LogP) is 3.84. The number of unbranched alkanes of at least 4 members (excludes halogenated alkanes) is 5. The Hall–Kier alpha value is -0.870. The van der Waals surface area contributed by atoms with Crippen molar-refractivity contribution in [3.05, 3.63) is 29.8 Å². The molecule has 0 saturated heterocycles. The highest BCUT2D eigenvalue weighted by Crippen LogP contribution is 2.21. The van der Waals surface area contributed by atoms with Crippen molar-refractivity contribution in [3.8, 4) is 0 Å². The normalized spacial score (nSPS) is 13.3. The molecule has 0 aliphatic carbocycles. The highest BCUT2D eigenvalue weighted by molar-refractivity contribution is 7.90. The van der Waals surface area contributed by atoms with Gasteiger partial charge in [-0.2, -0.15) is 0 Å². The Morgan fingerprint density at radius 2 is 1.75 bits per heavy atom. The maximum atomic E-state index is 11.5. The molecule has 0 spiro atoms. The van der Waals surface area contributed by atoms with E-state index >= 15 is 0 Å². The first-order valence-corrected chi connectivity index (χ1v) is 9.40. The Bertz CT molecular complexity index is 497. The van der Waals surface area contributed by atoms with E-state index in [1.54, 1.807) is 18.2 Å². The molecule has 1 aromatic carbocycles. The zero-order valence-corrected chi connectivity index (χ0v) is 13.5. The Kier molecular flexibility index (Phi) is 7.24. The van der Waals surface area contributed by atoms with Crippen LogP contribution in [-0.2, 0) is 9.84 Å². The lowest BCUT2D eigenvalue weighted by Gasteiger charge is -2.13. The Morgan fingerprint density at radius 3 is 2.40 bits per heavy atom. The summed E-state index contributed by atoms with van der Waals surface area (Å²) in [4.78, 5) is 0.355. The van der Waals surface area contributed by atoms with Gasteiger partial charge in [0.2, 0.25) is 0 Å². The summed E-state index contributed by atoms with van der Waals surface area (Å²) >= 11 is 0. The minimum absolute atomic E-state index is 0.0668. The highest BCUT2D eigenvalue weighted by Gasteiger charge is 2.11. The van der Waals surface area contributed by atoms with Gasteiger partial charge in [0.05, 0.1) is 4.90 Å². The summed E-state index contributed by atoms with van der Waals surface area (Å²) in [7, 11) is -3.15. The van der Waals surface area contributed by atoms with Gasteiger partial charge in [0.1, 0.15) is 0 Å². The quantitative estimate of drug-likeness (QED) is 0.704. The van der Waals surface area contributed by atoms with Crippen molar-refractivity contribution in [2.24, 2.45) is 5.73 Å². The molecule has 1 aromatic rings. The Labute approximate surface area is 123 Å². The summed E-state index contributed by atoms with van der Waals surface area (Å²) < 4.78 is 23.1. The van der Waals surface area contributed by atoms with Crippen LogP contribution < -0.4 is 5.73 Å². The zero-order valence-electron chi connectivity index (χ0n) is 12.6. The molecular formula is C16H27NO2S. The monoisotopic (exact) mass is 297 g/mol. The van der Waals surface area contributed by atoms with Crippen LogP contribution in [-0.4, -0.2) is 14.7 Å². The number of hydrogen-bond acceptors (Lipinski definition) is 3. The van der Waals surface area contributed by atoms with E-state index in [9.17, 15) is 8.42 Å². The van der Waals surface area contributed by atoms with Crippen molar-refractivity contribution in [1.29, 1.82) is 0 Å². The maximum absolute atomic E-state index is 11.5. The van der Waals surface area contributed by atoms with Gasteiger partial charge in [-0.05, 0) is 24.1 Å². The average molecular weight is 297 g/mol. The minimum Gasteiger partial charge on any atom is -0.324 e. The van der Waals surface area contributed by atoms with Crippen molar-refractivity contribution in [3.63, 3.8) is 0 Å². The molecule has 2 N–H and O–H groups in total. The van der Waals surface area contributed by atoms with E-state index in [2.05, 4.69) is 6.92 Å². The van der Waals surface area contributed by atoms with Crippen LogP contribution in [0.2, 0.25) is 0 Å². The second kappa shape index (κ2) is 8.42. The zero-order chi connectivity index (χ0) is 15.0. The smallest absolute Gasteiger partial charge is 0.175 e. The van der Waals surface area contributed by atoms with Crippen LogP contribution in [0, 0.1) is 0 Å². The van der Waals surface area contributed by atoms with Gasteiger partial charge in [-0.15, -0.1) is 0 Å². The van der Waals surface area contributed by atoms with E-state index in [-0.39, 0.29) is 6.04 Å². The van der Waals surface area contributed by atoms with Crippen LogP contribution in [0.25, 0.3) is 0 Å². The molecule has 0 saturated carbocycles. The molecular weight excluding hydrogens is 270 g/mol. The molecule has 0 bridgehead atoms. The lowest BCUT2D eigenvalue weighted by atomic mass is 10.0. The number of nitrogens with two attached hydrogens (primary N) is 1. The third-order valence-corrected chi connectivity index (χ3v) is 4.69. The Morgan fingerprint density at radius 1 is 1.10 bits per heavy atom. The third-order valence-electron chi connectivity index (χ3n) is 3.58. The third kappa shape index (κ3) is 6.06. The van der Waals surface area contributed by atoms with E-state index < -0.39 is 9.84 Å². The van der Waals surface area contributed by atoms with Crippen LogP contribution in [0.1, 0.15) is 63.5 Å². The maximum Gasteiger partial charge on any atom is 0.175 e. The second-order valence-corrected chi connectivity index (χ2v) is 7.52. The van der Waals surface area contributed by atoms with Gasteiger partial charge in [0.15, 0.2) is 9.84 Å². The Balaban J connectivity index is 2.45. The summed E-state index contributed by atoms with van der Waals surface area (Å²) in [6.07, 6.45) is 9.59. The second-order valence-electron chi connectivity index (χ2n) is 5.51. The largest absolute Gasteiger partial charge is 0.324 e. The first kappa shape index (κ1) is 17.2. The topological polar surface area (TPSA) is 60.2 Å². The van der Waals surface area contributed by atoms with Gasteiger partial charge in [-0.25, -0.2) is 8.42 Å². The summed E-state index contributed by atoms with van der Waals surface area (Å²) in [5.74, 6) is 0. The predicted molar refractivity (Wildman–Crippen MR) is 84.5 cm³/mol. The van der Waals surface area contributed by atoms with Gasteiger partial charge in [0, 0.05) is 12.3 Å². The molecule has 3 nitrogen and oxygen atoms in total. The number of rotatable bonds is 9. The molecule has 0 aliphatic rings. The van der Waals surface area contributed by atoms with Gasteiger partial charge in [-0.1, -0.05) is 57.6 Å². The lowest BCUT2D eigenvalue weighted by molar-refractivity contribution is 0.546. The van der Waals surface area contributed by atoms with Crippen molar-refractivity contribution >= 4 is 9.84 Å². The first-order chi connectivity index (χ1) is 9.45. The van der Waals surface area contributed by atoms with Crippen molar-refractivity contribution in [2.45, 2.75) is 62.8 Å². The van der Waals surface area contributed by atoms with Gasteiger partial charge >= 0.3 is 0 Å². The van der Waals surface area contributed by atoms with Crippen LogP contribution in [0.4, 0.5) is 0 Å². The number of hydrogen-bond donors (Lipinski definition) is 1. The summed E-state index contributed by atoms with van der Waals surface area (Å²) in [6.45, 7) is 2.21. The standard InChI is InChI=1S/C16H27NO2S/c1-3-4-5-6-7-8-12-16(17)14-10-9-11-15(13-14)20(2,18)19/h9-11,13,16H,3-8,12,17H2,1-2H3. The molecule has 0 aliphatic heterocycles. The van der Waals surface area contributed by atoms with E-state index in [0.29, 0.717) is 4.90 Å². The average Bonchev–Trinajstić information content (AvgIpc) is 2.41. The van der Waals surface area contributed by atoms with Crippen LogP contribution >= 0.6 is 0 Å². The van der Waals surface area contributed by atoms with Crippen LogP contribution in [0.15, 0.2) is 29.2 Å². The highest BCUT2D eigenvalue weighted by atomic mass is 32.2. The fraction of sp³-hybridized carbons (Fsp3) is 0.625. The number of sulfone groups is 1. The molecule has 0 aromatic heterocycles. The molecule has 0 radical (unpaired) electrons. The molecule has 0 fully saturated rings. The van der Waals surface area contributed by atoms with Crippen LogP contribution in [0.3, 0.4) is 0 Å². The van der Waals surface area contributed by atoms with Crippen molar-refractivity contribution in [1.82, 2.24) is 0 Å². The van der Waals surface area contributed by atoms with E-state index in [1.807, 2.05) is 6.07 Å². The van der Waals surface area contributed by atoms with E-state index in [4.69, 9.17) is 5.73 Å². The molecule has 0 heterocycles. The lowest BCUT2D eigenvalue weighted by Crippen LogP contribution is -2.11. The SMILES string of the molecule is CCCCCCCCC(N)c1cccc(S(C)(=O)=O)c1. The van der Waals surface area contributed by atoms with Gasteiger partial charge in [0.25, 0.3) is 0 Å². The molecule has 0 amide bonds. The first-order valence-electron chi connectivity index (χ1n) is 7.50. The summed E-state index contributed by atoms with van der Waals surface area (Å²) in [5.41, 5.74) is 7.07. The van der Waals surface area contributed by atoms with Crippen molar-refractivity contribution < 1.29 is 8.42 Å². The molecule has 1 rings (SSSR count). The van der Waals surface area contributed by atoms with Crippen LogP contribution in [0.5, 0.6) is 0 Å². The van der Waals surface area contributed by atoms with E-state index in [1.165, 1.54) is 38.4 Å². The van der Waals surface area contributed by atoms with E-state index in [0.717, 1.165) is 18.4 Å². The fourth-order valence-corrected chi connectivity index (χ4v) is 2.96. The summed E-state index contributed by atoms with van der Waals surface area (Å²) in [6, 6.07) is 6.94. The van der Waals surface area contributed by atoms with Gasteiger partial charge in [-0.3, -0.25) is 0 Å². The number of benzene rings is 1.